The van der Waals surface area contributed by atoms with E-state index in [4.69, 9.17) is 6.42 Å². The van der Waals surface area contributed by atoms with E-state index in [9.17, 15) is 4.79 Å². The van der Waals surface area contributed by atoms with Gasteiger partial charge in [-0.05, 0) is 30.2 Å². The number of rotatable bonds is 5. The summed E-state index contributed by atoms with van der Waals surface area (Å²) in [6, 6.07) is 15.6. The summed E-state index contributed by atoms with van der Waals surface area (Å²) >= 11 is 1.55. The lowest BCUT2D eigenvalue weighted by Crippen LogP contribution is -2.14. The van der Waals surface area contributed by atoms with Gasteiger partial charge >= 0.3 is 0 Å². The summed E-state index contributed by atoms with van der Waals surface area (Å²) in [6.07, 6.45) is 6.64. The van der Waals surface area contributed by atoms with Crippen molar-refractivity contribution in [3.05, 3.63) is 70.7 Å². The van der Waals surface area contributed by atoms with Gasteiger partial charge in [0.25, 0.3) is 0 Å². The van der Waals surface area contributed by atoms with Crippen LogP contribution in [0.1, 0.15) is 23.7 Å². The van der Waals surface area contributed by atoms with E-state index in [0.717, 1.165) is 28.2 Å². The van der Waals surface area contributed by atoms with Gasteiger partial charge in [-0.1, -0.05) is 43.2 Å². The van der Waals surface area contributed by atoms with Gasteiger partial charge in [0.2, 0.25) is 5.91 Å². The van der Waals surface area contributed by atoms with Crippen LogP contribution >= 0.6 is 11.3 Å². The van der Waals surface area contributed by atoms with Crippen LogP contribution in [-0.4, -0.2) is 10.9 Å². The summed E-state index contributed by atoms with van der Waals surface area (Å²) in [7, 11) is 0. The van der Waals surface area contributed by atoms with Gasteiger partial charge in [-0.25, -0.2) is 4.98 Å². The second kappa shape index (κ2) is 7.78. The summed E-state index contributed by atoms with van der Waals surface area (Å²) in [5.41, 5.74) is 4.59. The van der Waals surface area contributed by atoms with E-state index in [1.165, 1.54) is 5.56 Å². The molecule has 0 spiro atoms. The number of benzene rings is 2. The van der Waals surface area contributed by atoms with Gasteiger partial charge in [0.15, 0.2) is 0 Å². The SMILES string of the molecule is C#Cc1cccc(NC(=O)Cc2csc(-c3ccc(CC)cc3)n2)c1. The van der Waals surface area contributed by atoms with Gasteiger partial charge in [-0.2, -0.15) is 0 Å². The van der Waals surface area contributed by atoms with Crippen molar-refractivity contribution in [3.8, 4) is 22.9 Å². The number of amides is 1. The number of nitrogens with zero attached hydrogens (tertiary/aromatic N) is 1. The van der Waals surface area contributed by atoms with Gasteiger partial charge in [-0.3, -0.25) is 4.79 Å². The number of hydrogen-bond acceptors (Lipinski definition) is 3. The molecule has 25 heavy (non-hydrogen) atoms. The van der Waals surface area contributed by atoms with Crippen molar-refractivity contribution in [2.24, 2.45) is 0 Å². The van der Waals surface area contributed by atoms with Crippen LogP contribution in [0.4, 0.5) is 5.69 Å². The second-order valence-corrected chi connectivity index (χ2v) is 6.50. The van der Waals surface area contributed by atoms with Gasteiger partial charge in [0.05, 0.1) is 12.1 Å². The Morgan fingerprint density at radius 3 is 2.76 bits per heavy atom. The number of carbonyl (C=O) groups is 1. The summed E-state index contributed by atoms with van der Waals surface area (Å²) in [5, 5.41) is 5.72. The highest BCUT2D eigenvalue weighted by Crippen LogP contribution is 2.24. The molecule has 0 unspecified atom stereocenters. The number of aromatic nitrogens is 1. The van der Waals surface area contributed by atoms with Crippen LogP contribution in [0.15, 0.2) is 53.9 Å². The molecule has 2 aromatic carbocycles. The van der Waals surface area contributed by atoms with Crippen LogP contribution < -0.4 is 5.32 Å². The van der Waals surface area contributed by atoms with E-state index < -0.39 is 0 Å². The Bertz CT molecular complexity index is 920. The fourth-order valence-electron chi connectivity index (χ4n) is 2.46. The lowest BCUT2D eigenvalue weighted by molar-refractivity contribution is -0.115. The predicted molar refractivity (Wildman–Crippen MR) is 104 cm³/mol. The van der Waals surface area contributed by atoms with E-state index in [-0.39, 0.29) is 12.3 Å². The summed E-state index contributed by atoms with van der Waals surface area (Å²) in [4.78, 5) is 16.8. The summed E-state index contributed by atoms with van der Waals surface area (Å²) in [6.45, 7) is 2.13. The van der Waals surface area contributed by atoms with Crippen LogP contribution in [0.3, 0.4) is 0 Å². The van der Waals surface area contributed by atoms with Gasteiger partial charge in [-0.15, -0.1) is 17.8 Å². The number of nitrogens with one attached hydrogen (secondary N) is 1. The maximum atomic E-state index is 12.2. The number of hydrogen-bond donors (Lipinski definition) is 1. The standard InChI is InChI=1S/C21H18N2OS/c1-3-15-8-10-17(11-9-15)21-23-19(14-25-21)13-20(24)22-18-7-5-6-16(4-2)12-18/h2,5-12,14H,3,13H2,1H3,(H,22,24). The molecule has 0 atom stereocenters. The molecule has 3 nitrogen and oxygen atoms in total. The molecule has 0 aliphatic heterocycles. The third-order valence-corrected chi connectivity index (χ3v) is 4.76. The first-order valence-corrected chi connectivity index (χ1v) is 8.96. The Balaban J connectivity index is 1.66. The maximum absolute atomic E-state index is 12.2. The van der Waals surface area contributed by atoms with Crippen LogP contribution in [-0.2, 0) is 17.6 Å². The average molecular weight is 346 g/mol. The third-order valence-electron chi connectivity index (χ3n) is 3.82. The Hall–Kier alpha value is -2.90. The molecular weight excluding hydrogens is 328 g/mol. The maximum Gasteiger partial charge on any atom is 0.230 e. The molecule has 4 heteroatoms. The quantitative estimate of drug-likeness (QED) is 0.690. The molecule has 0 fully saturated rings. The van der Waals surface area contributed by atoms with Gasteiger partial charge in [0, 0.05) is 22.2 Å². The van der Waals surface area contributed by atoms with E-state index in [0.29, 0.717) is 5.69 Å². The fraction of sp³-hybridized carbons (Fsp3) is 0.143. The first kappa shape index (κ1) is 16.9. The number of anilines is 1. The lowest BCUT2D eigenvalue weighted by Gasteiger charge is -2.04. The summed E-state index contributed by atoms with van der Waals surface area (Å²) in [5.74, 6) is 2.45. The van der Waals surface area contributed by atoms with Crippen LogP contribution in [0.5, 0.6) is 0 Å². The largest absolute Gasteiger partial charge is 0.326 e. The molecule has 3 aromatic rings. The van der Waals surface area contributed by atoms with Crippen molar-refractivity contribution in [2.75, 3.05) is 5.32 Å². The number of thiazole rings is 1. The van der Waals surface area contributed by atoms with Crippen molar-refractivity contribution in [2.45, 2.75) is 19.8 Å². The van der Waals surface area contributed by atoms with Crippen molar-refractivity contribution >= 4 is 22.9 Å². The predicted octanol–water partition coefficient (Wildman–Crippen LogP) is 4.54. The van der Waals surface area contributed by atoms with Crippen LogP contribution in [0.2, 0.25) is 0 Å². The van der Waals surface area contributed by atoms with Crippen molar-refractivity contribution in [1.82, 2.24) is 4.98 Å². The van der Waals surface area contributed by atoms with Crippen molar-refractivity contribution in [1.29, 1.82) is 0 Å². The minimum absolute atomic E-state index is 0.104. The monoisotopic (exact) mass is 346 g/mol. The molecule has 0 aliphatic rings. The van der Waals surface area contributed by atoms with Gasteiger partial charge < -0.3 is 5.32 Å². The molecule has 124 valence electrons. The minimum atomic E-state index is -0.104. The molecule has 1 heterocycles. The molecule has 0 bridgehead atoms. The zero-order chi connectivity index (χ0) is 17.6. The molecule has 1 N–H and O–H groups in total. The third kappa shape index (κ3) is 4.34. The molecule has 1 aromatic heterocycles. The molecule has 0 aliphatic carbocycles. The topological polar surface area (TPSA) is 42.0 Å². The Labute approximate surface area is 151 Å². The van der Waals surface area contributed by atoms with Gasteiger partial charge in [0.1, 0.15) is 5.01 Å². The Kier molecular flexibility index (Phi) is 5.27. The highest BCUT2D eigenvalue weighted by atomic mass is 32.1. The minimum Gasteiger partial charge on any atom is -0.326 e. The zero-order valence-electron chi connectivity index (χ0n) is 14.0. The Morgan fingerprint density at radius 2 is 2.04 bits per heavy atom. The van der Waals surface area contributed by atoms with E-state index in [1.54, 1.807) is 17.4 Å². The number of aryl methyl sites for hydroxylation is 1. The second-order valence-electron chi connectivity index (χ2n) is 5.64. The van der Waals surface area contributed by atoms with E-state index in [2.05, 4.69) is 47.4 Å². The number of terminal acetylenes is 1. The summed E-state index contributed by atoms with van der Waals surface area (Å²) < 4.78 is 0. The molecule has 0 saturated heterocycles. The lowest BCUT2D eigenvalue weighted by atomic mass is 10.1. The highest BCUT2D eigenvalue weighted by molar-refractivity contribution is 7.13. The molecule has 0 radical (unpaired) electrons. The first-order chi connectivity index (χ1) is 12.2. The Morgan fingerprint density at radius 1 is 1.24 bits per heavy atom. The van der Waals surface area contributed by atoms with E-state index >= 15 is 0 Å². The average Bonchev–Trinajstić information content (AvgIpc) is 3.10. The molecular formula is C21H18N2OS. The van der Waals surface area contributed by atoms with Crippen molar-refractivity contribution < 1.29 is 4.79 Å². The smallest absolute Gasteiger partial charge is 0.230 e. The highest BCUT2D eigenvalue weighted by Gasteiger charge is 2.09. The van der Waals surface area contributed by atoms with Crippen LogP contribution in [0.25, 0.3) is 10.6 Å². The zero-order valence-corrected chi connectivity index (χ0v) is 14.8. The molecule has 0 saturated carbocycles. The van der Waals surface area contributed by atoms with E-state index in [1.807, 2.05) is 23.6 Å². The fourth-order valence-corrected chi connectivity index (χ4v) is 3.29. The molecule has 1 amide bonds. The van der Waals surface area contributed by atoms with Crippen LogP contribution in [0, 0.1) is 12.3 Å². The van der Waals surface area contributed by atoms with Crippen molar-refractivity contribution in [3.63, 3.8) is 0 Å². The first-order valence-electron chi connectivity index (χ1n) is 8.08. The molecule has 3 rings (SSSR count). The normalized spacial score (nSPS) is 10.2. The number of carbonyl (C=O) groups excluding carboxylic acids is 1.